The van der Waals surface area contributed by atoms with E-state index in [0.717, 1.165) is 30.3 Å². The molecule has 1 aromatic rings. The van der Waals surface area contributed by atoms with Gasteiger partial charge in [0.25, 0.3) is 5.88 Å². The van der Waals surface area contributed by atoms with Crippen LogP contribution in [0.2, 0.25) is 0 Å². The smallest absolute Gasteiger partial charge is 0.324 e. The molecule has 9 heteroatoms. The Morgan fingerprint density at radius 3 is 2.75 bits per heavy atom. The van der Waals surface area contributed by atoms with Crippen LogP contribution in [-0.4, -0.2) is 65.9 Å². The predicted molar refractivity (Wildman–Crippen MR) is 93.8 cm³/mol. The summed E-state index contributed by atoms with van der Waals surface area (Å²) in [5, 5.41) is 20.7. The number of carbonyl (C=O) groups is 1. The first-order valence-corrected chi connectivity index (χ1v) is 9.77. The molecule has 0 aromatic carbocycles. The monoisotopic (exact) mass is 375 g/mol. The highest BCUT2D eigenvalue weighted by atomic mass is 32.2. The Bertz CT molecular complexity index is 561. The van der Waals surface area contributed by atoms with Crippen molar-refractivity contribution in [2.24, 2.45) is 0 Å². The Kier molecular flexibility index (Phi) is 6.46. The fourth-order valence-corrected chi connectivity index (χ4v) is 4.30. The zero-order valence-electron chi connectivity index (χ0n) is 14.4. The van der Waals surface area contributed by atoms with E-state index >= 15 is 0 Å². The van der Waals surface area contributed by atoms with Gasteiger partial charge in [0.2, 0.25) is 0 Å². The van der Waals surface area contributed by atoms with Crippen LogP contribution in [0, 0.1) is 0 Å². The van der Waals surface area contributed by atoms with E-state index in [0.29, 0.717) is 10.9 Å². The van der Waals surface area contributed by atoms with Crippen molar-refractivity contribution in [3.63, 3.8) is 0 Å². The molecular formula is C15H25N3O4S2. The number of likely N-dealkylation sites (tertiary alicyclic amines) is 1. The summed E-state index contributed by atoms with van der Waals surface area (Å²) in [6, 6.07) is -0.921. The van der Waals surface area contributed by atoms with Crippen LogP contribution >= 0.6 is 23.5 Å². The number of aromatic nitrogens is 2. The van der Waals surface area contributed by atoms with Crippen LogP contribution in [0.3, 0.4) is 0 Å². The molecule has 1 fully saturated rings. The van der Waals surface area contributed by atoms with Crippen LogP contribution in [0.4, 0.5) is 0 Å². The minimum absolute atomic E-state index is 0.251. The first kappa shape index (κ1) is 19.4. The van der Waals surface area contributed by atoms with Crippen LogP contribution in [0.5, 0.6) is 5.88 Å². The molecule has 2 heterocycles. The number of nitrogens with zero attached hydrogens (tertiary/aromatic N) is 3. The molecule has 1 saturated heterocycles. The molecule has 0 spiro atoms. The van der Waals surface area contributed by atoms with E-state index in [1.54, 1.807) is 16.7 Å². The summed E-state index contributed by atoms with van der Waals surface area (Å²) in [6.07, 6.45) is 0.393. The van der Waals surface area contributed by atoms with E-state index in [1.807, 2.05) is 20.8 Å². The summed E-state index contributed by atoms with van der Waals surface area (Å²) in [5.74, 6) is 0.226. The summed E-state index contributed by atoms with van der Waals surface area (Å²) >= 11 is 2.58. The molecular weight excluding hydrogens is 350 g/mol. The molecule has 0 aliphatic carbocycles. The molecule has 0 saturated carbocycles. The summed E-state index contributed by atoms with van der Waals surface area (Å²) < 4.78 is 14.2. The fraction of sp³-hybridized carbons (Fsp3) is 0.800. The number of carboxylic acids is 1. The third kappa shape index (κ3) is 4.38. The molecule has 1 aliphatic rings. The van der Waals surface area contributed by atoms with Crippen molar-refractivity contribution in [2.45, 2.75) is 69.4 Å². The maximum Gasteiger partial charge on any atom is 0.324 e. The highest BCUT2D eigenvalue weighted by Gasteiger charge is 2.51. The third-order valence-corrected chi connectivity index (χ3v) is 5.60. The lowest BCUT2D eigenvalue weighted by molar-refractivity contribution is -0.147. The summed E-state index contributed by atoms with van der Waals surface area (Å²) in [7, 11) is 0. The van der Waals surface area contributed by atoms with E-state index in [1.165, 1.54) is 0 Å². The first-order valence-electron chi connectivity index (χ1n) is 8.05. The maximum absolute atomic E-state index is 11.8. The molecule has 3 unspecified atom stereocenters. The Balaban J connectivity index is 2.16. The number of aliphatic hydroxyl groups excluding tert-OH is 1. The number of aliphatic hydroxyl groups is 1. The second-order valence-corrected chi connectivity index (χ2v) is 8.44. The van der Waals surface area contributed by atoms with Gasteiger partial charge in [0.1, 0.15) is 12.1 Å². The molecule has 2 rings (SSSR count). The van der Waals surface area contributed by atoms with Gasteiger partial charge >= 0.3 is 5.97 Å². The summed E-state index contributed by atoms with van der Waals surface area (Å²) in [6.45, 7) is 8.14. The quantitative estimate of drug-likeness (QED) is 0.553. The number of rotatable bonds is 7. The van der Waals surface area contributed by atoms with E-state index in [4.69, 9.17) is 4.74 Å². The molecule has 7 nitrogen and oxygen atoms in total. The van der Waals surface area contributed by atoms with Crippen LogP contribution in [-0.2, 0) is 4.79 Å². The van der Waals surface area contributed by atoms with Gasteiger partial charge in [-0.1, -0.05) is 25.1 Å². The van der Waals surface area contributed by atoms with Crippen LogP contribution in [0.25, 0.3) is 0 Å². The lowest BCUT2D eigenvalue weighted by atomic mass is 10.0. The average molecular weight is 376 g/mol. The minimum atomic E-state index is -1.00. The van der Waals surface area contributed by atoms with Crippen molar-refractivity contribution in [3.8, 4) is 5.88 Å². The first-order chi connectivity index (χ1) is 11.3. The van der Waals surface area contributed by atoms with Gasteiger partial charge in [-0.05, 0) is 32.9 Å². The highest BCUT2D eigenvalue weighted by molar-refractivity contribution is 7.99. The minimum Gasteiger partial charge on any atom is -0.480 e. The summed E-state index contributed by atoms with van der Waals surface area (Å²) in [5.41, 5.74) is -0.388. The second-order valence-electron chi connectivity index (χ2n) is 6.83. The molecule has 136 valence electrons. The van der Waals surface area contributed by atoms with Gasteiger partial charge in [0.05, 0.1) is 11.7 Å². The number of aliphatic carboxylic acids is 1. The van der Waals surface area contributed by atoms with Gasteiger partial charge in [-0.25, -0.2) is 0 Å². The number of ether oxygens (including phenoxy) is 1. The van der Waals surface area contributed by atoms with E-state index < -0.39 is 24.2 Å². The van der Waals surface area contributed by atoms with Crippen molar-refractivity contribution in [1.82, 2.24) is 13.6 Å². The molecule has 1 aliphatic heterocycles. The average Bonchev–Trinajstić information content (AvgIpc) is 3.05. The molecule has 0 bridgehead atoms. The predicted octanol–water partition coefficient (Wildman–Crippen LogP) is 2.11. The zero-order valence-corrected chi connectivity index (χ0v) is 16.1. The third-order valence-electron chi connectivity index (χ3n) is 3.94. The lowest BCUT2D eigenvalue weighted by Gasteiger charge is -2.35. The second kappa shape index (κ2) is 7.99. The number of hydrogen-bond acceptors (Lipinski definition) is 8. The van der Waals surface area contributed by atoms with Gasteiger partial charge < -0.3 is 14.9 Å². The lowest BCUT2D eigenvalue weighted by Crippen LogP contribution is -2.52. The van der Waals surface area contributed by atoms with Crippen LogP contribution < -0.4 is 4.74 Å². The van der Waals surface area contributed by atoms with Crippen molar-refractivity contribution >= 4 is 29.5 Å². The van der Waals surface area contributed by atoms with Crippen LogP contribution in [0.1, 0.15) is 40.5 Å². The number of carboxylic acid groups (broad SMARTS) is 1. The molecule has 24 heavy (non-hydrogen) atoms. The van der Waals surface area contributed by atoms with Crippen molar-refractivity contribution in [1.29, 1.82) is 0 Å². The number of β-amino-alcohol motifs (C(OH)–C–C–N with tert-alkyl or cyclic N) is 1. The Morgan fingerprint density at radius 1 is 1.46 bits per heavy atom. The van der Waals surface area contributed by atoms with Gasteiger partial charge in [-0.2, -0.15) is 4.37 Å². The Labute approximate surface area is 150 Å². The summed E-state index contributed by atoms with van der Waals surface area (Å²) in [4.78, 5) is 13.5. The number of thioether (sulfide) groups is 1. The van der Waals surface area contributed by atoms with Crippen molar-refractivity contribution in [3.05, 3.63) is 0 Å². The molecule has 3 atom stereocenters. The normalized spacial score (nSPS) is 25.1. The SMILES string of the molecule is CCCCSc1nsnc1OC1C(O)CN(C(C)(C)C)C1C(=O)O. The Morgan fingerprint density at radius 2 is 2.17 bits per heavy atom. The number of hydrogen-bond donors (Lipinski definition) is 2. The molecule has 1 aromatic heterocycles. The van der Waals surface area contributed by atoms with Gasteiger partial charge in [0, 0.05) is 12.1 Å². The van der Waals surface area contributed by atoms with E-state index in [9.17, 15) is 15.0 Å². The van der Waals surface area contributed by atoms with E-state index in [2.05, 4.69) is 15.7 Å². The number of unbranched alkanes of at least 4 members (excludes halogenated alkanes) is 1. The maximum atomic E-state index is 11.8. The topological polar surface area (TPSA) is 95.8 Å². The van der Waals surface area contributed by atoms with E-state index in [-0.39, 0.29) is 12.1 Å². The molecule has 2 N–H and O–H groups in total. The zero-order chi connectivity index (χ0) is 17.9. The molecule has 0 radical (unpaired) electrons. The standard InChI is InChI=1S/C15H25N3O4S2/c1-5-6-7-23-13-12(16-24-17-13)22-11-9(19)8-18(15(2,3)4)10(11)14(20)21/h9-11,19H,5-8H2,1-4H3,(H,20,21). The largest absolute Gasteiger partial charge is 0.480 e. The van der Waals surface area contributed by atoms with Crippen LogP contribution in [0.15, 0.2) is 5.03 Å². The highest BCUT2D eigenvalue weighted by Crippen LogP contribution is 2.33. The fourth-order valence-electron chi connectivity index (χ4n) is 2.69. The Hall–Kier alpha value is -0.900. The molecule has 0 amide bonds. The van der Waals surface area contributed by atoms with Crippen molar-refractivity contribution < 1.29 is 19.7 Å². The van der Waals surface area contributed by atoms with Gasteiger partial charge in [0.15, 0.2) is 11.1 Å². The van der Waals surface area contributed by atoms with Gasteiger partial charge in [-0.3, -0.25) is 9.69 Å². The van der Waals surface area contributed by atoms with Gasteiger partial charge in [-0.15, -0.1) is 4.37 Å². The van der Waals surface area contributed by atoms with Crippen molar-refractivity contribution in [2.75, 3.05) is 12.3 Å².